The summed E-state index contributed by atoms with van der Waals surface area (Å²) in [7, 11) is 0. The summed E-state index contributed by atoms with van der Waals surface area (Å²) in [4.78, 5) is 15.0. The minimum Gasteiger partial charge on any atom is -0.384 e. The molecular weight excluding hydrogens is 479 g/mol. The van der Waals surface area contributed by atoms with Crippen molar-refractivity contribution in [2.45, 2.75) is 31.4 Å². The van der Waals surface area contributed by atoms with Crippen molar-refractivity contribution < 1.29 is 18.0 Å². The molecule has 30 heavy (non-hydrogen) atoms. The normalized spacial score (nSPS) is 19.8. The van der Waals surface area contributed by atoms with Gasteiger partial charge < -0.3 is 5.73 Å². The minimum atomic E-state index is -4.61. The SMILES string of the molecule is N#CC1=C(N)N(c2ccccc2C(F)(F)F)C2=C(C(=O)CCC2)C1c1ccc(Br)s1. The van der Waals surface area contributed by atoms with Crippen molar-refractivity contribution in [3.05, 3.63) is 73.3 Å². The molecule has 9 heteroatoms. The summed E-state index contributed by atoms with van der Waals surface area (Å²) >= 11 is 4.76. The maximum absolute atomic E-state index is 13.7. The highest BCUT2D eigenvalue weighted by Crippen LogP contribution is 2.49. The molecule has 2 aliphatic rings. The minimum absolute atomic E-state index is 0.0721. The van der Waals surface area contributed by atoms with Gasteiger partial charge in [-0.05, 0) is 53.0 Å². The van der Waals surface area contributed by atoms with Crippen LogP contribution >= 0.6 is 27.3 Å². The van der Waals surface area contributed by atoms with Crippen LogP contribution in [0.15, 0.2) is 62.8 Å². The topological polar surface area (TPSA) is 70.1 Å². The number of thiophene rings is 1. The van der Waals surface area contributed by atoms with Gasteiger partial charge in [0.05, 0.1) is 32.6 Å². The Balaban J connectivity index is 2.01. The van der Waals surface area contributed by atoms with Crippen LogP contribution < -0.4 is 10.6 Å². The Bertz CT molecular complexity index is 1140. The summed E-state index contributed by atoms with van der Waals surface area (Å²) in [6.07, 6.45) is -3.41. The van der Waals surface area contributed by atoms with Gasteiger partial charge in [0.15, 0.2) is 5.78 Å². The molecule has 1 aliphatic heterocycles. The highest BCUT2D eigenvalue weighted by molar-refractivity contribution is 9.11. The van der Waals surface area contributed by atoms with E-state index in [-0.39, 0.29) is 29.3 Å². The maximum atomic E-state index is 13.7. The monoisotopic (exact) mass is 493 g/mol. The molecule has 1 aromatic carbocycles. The van der Waals surface area contributed by atoms with E-state index >= 15 is 0 Å². The maximum Gasteiger partial charge on any atom is 0.418 e. The molecule has 0 fully saturated rings. The van der Waals surface area contributed by atoms with Crippen LogP contribution in [0, 0.1) is 11.3 Å². The predicted molar refractivity (Wildman–Crippen MR) is 111 cm³/mol. The van der Waals surface area contributed by atoms with E-state index in [0.717, 1.165) is 14.7 Å². The first-order chi connectivity index (χ1) is 14.2. The van der Waals surface area contributed by atoms with Gasteiger partial charge in [-0.2, -0.15) is 18.4 Å². The second-order valence-corrected chi connectivity index (χ2v) is 9.47. The molecule has 154 valence electrons. The Kier molecular flexibility index (Phi) is 5.24. The number of Topliss-reactive ketones (excluding diaryl/α,β-unsaturated/α-hetero) is 1. The van der Waals surface area contributed by atoms with Crippen molar-refractivity contribution in [2.24, 2.45) is 5.73 Å². The molecule has 2 N–H and O–H groups in total. The summed E-state index contributed by atoms with van der Waals surface area (Å²) in [5, 5.41) is 9.89. The molecule has 0 saturated heterocycles. The number of hydrogen-bond donors (Lipinski definition) is 1. The summed E-state index contributed by atoms with van der Waals surface area (Å²) in [5.74, 6) is -0.916. The van der Waals surface area contributed by atoms with Gasteiger partial charge >= 0.3 is 6.18 Å². The number of halogens is 4. The van der Waals surface area contributed by atoms with Crippen LogP contribution in [0.4, 0.5) is 18.9 Å². The number of nitrogens with zero attached hydrogens (tertiary/aromatic N) is 2. The van der Waals surface area contributed by atoms with Crippen molar-refractivity contribution in [3.63, 3.8) is 0 Å². The molecule has 2 heterocycles. The van der Waals surface area contributed by atoms with E-state index in [9.17, 15) is 23.2 Å². The Morgan fingerprint density at radius 1 is 1.20 bits per heavy atom. The van der Waals surface area contributed by atoms with Crippen LogP contribution in [0.25, 0.3) is 0 Å². The van der Waals surface area contributed by atoms with Crippen molar-refractivity contribution in [3.8, 4) is 6.07 Å². The fourth-order valence-corrected chi connectivity index (χ4v) is 5.58. The third kappa shape index (κ3) is 3.34. The number of nitriles is 1. The smallest absolute Gasteiger partial charge is 0.384 e. The molecular formula is C21H15BrF3N3OS. The fourth-order valence-electron chi connectivity index (χ4n) is 4.04. The van der Waals surface area contributed by atoms with Gasteiger partial charge in [-0.1, -0.05) is 12.1 Å². The van der Waals surface area contributed by atoms with Gasteiger partial charge in [0, 0.05) is 22.6 Å². The number of rotatable bonds is 2. The van der Waals surface area contributed by atoms with E-state index in [2.05, 4.69) is 22.0 Å². The summed E-state index contributed by atoms with van der Waals surface area (Å²) < 4.78 is 42.0. The number of allylic oxidation sites excluding steroid dienone is 3. The molecule has 0 bridgehead atoms. The predicted octanol–water partition coefficient (Wildman–Crippen LogP) is 5.83. The van der Waals surface area contributed by atoms with E-state index in [1.165, 1.54) is 34.4 Å². The van der Waals surface area contributed by atoms with Gasteiger partial charge in [-0.3, -0.25) is 9.69 Å². The standard InChI is InChI=1S/C21H15BrF3N3OS/c22-17-9-8-16(30-17)18-11(10-26)20(27)28(14-6-3-7-15(29)19(14)18)13-5-2-1-4-12(13)21(23,24)25/h1-2,4-5,8-9,18H,3,6-7,27H2. The molecule has 1 aromatic heterocycles. The van der Waals surface area contributed by atoms with Gasteiger partial charge in [-0.15, -0.1) is 11.3 Å². The zero-order chi connectivity index (χ0) is 21.6. The van der Waals surface area contributed by atoms with Gasteiger partial charge in [0.25, 0.3) is 0 Å². The summed E-state index contributed by atoms with van der Waals surface area (Å²) in [5.41, 5.74) is 6.16. The Labute approximate surface area is 183 Å². The Morgan fingerprint density at radius 3 is 2.57 bits per heavy atom. The summed E-state index contributed by atoms with van der Waals surface area (Å²) in [6, 6.07) is 10.7. The molecule has 1 aliphatic carbocycles. The van der Waals surface area contributed by atoms with Crippen LogP contribution in [0.5, 0.6) is 0 Å². The number of nitrogens with two attached hydrogens (primary N) is 1. The van der Waals surface area contributed by atoms with E-state index in [4.69, 9.17) is 5.73 Å². The molecule has 2 aromatic rings. The van der Waals surface area contributed by atoms with E-state index in [1.807, 2.05) is 6.07 Å². The number of carbonyl (C=O) groups is 1. The molecule has 0 spiro atoms. The van der Waals surface area contributed by atoms with E-state index in [1.54, 1.807) is 6.07 Å². The molecule has 0 saturated carbocycles. The molecule has 0 radical (unpaired) electrons. The lowest BCUT2D eigenvalue weighted by atomic mass is 9.78. The second-order valence-electron chi connectivity index (χ2n) is 6.97. The van der Waals surface area contributed by atoms with Crippen LogP contribution in [-0.2, 0) is 11.0 Å². The van der Waals surface area contributed by atoms with Crippen LogP contribution in [0.1, 0.15) is 35.6 Å². The lowest BCUT2D eigenvalue weighted by Gasteiger charge is -2.40. The average Bonchev–Trinajstić information content (AvgIpc) is 3.12. The first-order valence-electron chi connectivity index (χ1n) is 9.11. The number of carbonyl (C=O) groups excluding carboxylic acids is 1. The number of para-hydroxylation sites is 1. The number of anilines is 1. The third-order valence-corrected chi connectivity index (χ3v) is 6.93. The number of alkyl halides is 3. The lowest BCUT2D eigenvalue weighted by Crippen LogP contribution is -2.39. The lowest BCUT2D eigenvalue weighted by molar-refractivity contribution is -0.137. The first kappa shape index (κ1) is 20.7. The Morgan fingerprint density at radius 2 is 1.93 bits per heavy atom. The molecule has 0 amide bonds. The highest BCUT2D eigenvalue weighted by atomic mass is 79.9. The van der Waals surface area contributed by atoms with Crippen LogP contribution in [-0.4, -0.2) is 5.78 Å². The number of ketones is 1. The third-order valence-electron chi connectivity index (χ3n) is 5.24. The van der Waals surface area contributed by atoms with Crippen LogP contribution in [0.2, 0.25) is 0 Å². The first-order valence-corrected chi connectivity index (χ1v) is 10.7. The van der Waals surface area contributed by atoms with Gasteiger partial charge in [-0.25, -0.2) is 0 Å². The van der Waals surface area contributed by atoms with E-state index < -0.39 is 17.7 Å². The largest absolute Gasteiger partial charge is 0.418 e. The second kappa shape index (κ2) is 7.60. The van der Waals surface area contributed by atoms with Gasteiger partial charge in [0.2, 0.25) is 0 Å². The average molecular weight is 494 g/mol. The summed E-state index contributed by atoms with van der Waals surface area (Å²) in [6.45, 7) is 0. The van der Waals surface area contributed by atoms with Crippen molar-refractivity contribution in [1.82, 2.24) is 0 Å². The number of hydrogen-bond acceptors (Lipinski definition) is 5. The highest BCUT2D eigenvalue weighted by Gasteiger charge is 2.43. The Hall–Kier alpha value is -2.57. The zero-order valence-electron chi connectivity index (χ0n) is 15.5. The van der Waals surface area contributed by atoms with E-state index in [0.29, 0.717) is 24.1 Å². The van der Waals surface area contributed by atoms with Gasteiger partial charge in [0.1, 0.15) is 5.82 Å². The molecule has 1 atom stereocenters. The quantitative estimate of drug-likeness (QED) is 0.570. The van der Waals surface area contributed by atoms with Crippen molar-refractivity contribution >= 4 is 38.7 Å². The zero-order valence-corrected chi connectivity index (χ0v) is 17.9. The van der Waals surface area contributed by atoms with Crippen LogP contribution in [0.3, 0.4) is 0 Å². The fraction of sp³-hybridized carbons (Fsp3) is 0.238. The molecule has 1 unspecified atom stereocenters. The molecule has 4 nitrogen and oxygen atoms in total. The molecule has 4 rings (SSSR count). The number of benzene rings is 1. The van der Waals surface area contributed by atoms with Crippen molar-refractivity contribution in [2.75, 3.05) is 4.90 Å². The van der Waals surface area contributed by atoms with Crippen molar-refractivity contribution in [1.29, 1.82) is 5.26 Å².